The normalized spacial score (nSPS) is 28.2. The molecule has 3 atom stereocenters. The first-order valence-corrected chi connectivity index (χ1v) is 9.87. The largest absolute Gasteiger partial charge is 0.374 e. The average molecular weight is 403 g/mol. The predicted molar refractivity (Wildman–Crippen MR) is 104 cm³/mol. The lowest BCUT2D eigenvalue weighted by molar-refractivity contribution is -0.0228. The van der Waals surface area contributed by atoms with Crippen LogP contribution < -0.4 is 15.5 Å². The van der Waals surface area contributed by atoms with E-state index in [-0.39, 0.29) is 31.2 Å². The molecule has 0 saturated carbocycles. The van der Waals surface area contributed by atoms with Crippen LogP contribution in [0.2, 0.25) is 0 Å². The Labute approximate surface area is 167 Å². The number of nitrogen functional groups attached to an aromatic ring is 1. The molecule has 154 valence electrons. The topological polar surface area (TPSA) is 93.3 Å². The molecule has 6 heterocycles. The molecular weight excluding hydrogens is 380 g/mol. The monoisotopic (exact) mass is 403 g/mol. The second-order valence-electron chi connectivity index (χ2n) is 8.12. The van der Waals surface area contributed by atoms with Gasteiger partial charge in [0.1, 0.15) is 5.82 Å². The Bertz CT molecular complexity index is 902. The highest BCUT2D eigenvalue weighted by Gasteiger charge is 2.46. The van der Waals surface area contributed by atoms with Gasteiger partial charge in [0.05, 0.1) is 31.0 Å². The Morgan fingerprint density at radius 1 is 1.17 bits per heavy atom. The van der Waals surface area contributed by atoms with E-state index < -0.39 is 11.8 Å². The van der Waals surface area contributed by atoms with Gasteiger partial charge in [0, 0.05) is 43.0 Å². The molecule has 0 aromatic carbocycles. The zero-order valence-corrected chi connectivity index (χ0v) is 16.1. The maximum absolute atomic E-state index is 14.2. The van der Waals surface area contributed by atoms with E-state index in [1.807, 2.05) is 6.07 Å². The van der Waals surface area contributed by atoms with E-state index in [9.17, 15) is 8.78 Å². The standard InChI is InChI=1S/C19H23F2N7O/c1-11-7-27(10-19(11,20)21)18-25-15(12-5-23-17(22)24-6-12)4-16(26-18)28-8-14-3-2-13(28)9-29-14/h4-6,11,13-14H,2-3,7-10H2,1H3,(H2,22,23,24)/t11?,13-,14-/m0/s1. The van der Waals surface area contributed by atoms with Crippen LogP contribution in [0.5, 0.6) is 0 Å². The number of aromatic nitrogens is 4. The minimum atomic E-state index is -2.76. The highest BCUT2D eigenvalue weighted by molar-refractivity contribution is 5.64. The lowest BCUT2D eigenvalue weighted by atomic mass is 9.97. The van der Waals surface area contributed by atoms with Crippen LogP contribution >= 0.6 is 0 Å². The van der Waals surface area contributed by atoms with Crippen molar-refractivity contribution in [2.75, 3.05) is 41.8 Å². The molecule has 4 fully saturated rings. The smallest absolute Gasteiger partial charge is 0.269 e. The van der Waals surface area contributed by atoms with Gasteiger partial charge in [-0.1, -0.05) is 6.92 Å². The summed E-state index contributed by atoms with van der Waals surface area (Å²) in [6, 6.07) is 2.11. The number of piperidine rings is 1. The lowest BCUT2D eigenvalue weighted by Crippen LogP contribution is -2.55. The number of fused-ring (bicyclic) bond motifs is 3. The summed E-state index contributed by atoms with van der Waals surface area (Å²) in [5.41, 5.74) is 6.86. The molecule has 2 N–H and O–H groups in total. The third-order valence-corrected chi connectivity index (χ3v) is 6.05. The molecule has 0 spiro atoms. The first kappa shape index (κ1) is 18.4. The first-order chi connectivity index (χ1) is 13.9. The number of nitrogens with two attached hydrogens (primary N) is 1. The second kappa shape index (κ2) is 6.72. The number of ether oxygens (including phenoxy) is 1. The van der Waals surface area contributed by atoms with Gasteiger partial charge in [-0.05, 0) is 12.8 Å². The van der Waals surface area contributed by atoms with Gasteiger partial charge < -0.3 is 20.3 Å². The fraction of sp³-hybridized carbons (Fsp3) is 0.579. The fourth-order valence-corrected chi connectivity index (χ4v) is 4.25. The molecule has 2 aromatic heterocycles. The molecule has 10 heteroatoms. The SMILES string of the molecule is CC1CN(c2nc(-c3cnc(N)nc3)cc(N3C[C@@H]4CC[C@H]3CO4)n2)CC1(F)F. The highest BCUT2D eigenvalue weighted by atomic mass is 19.3. The minimum absolute atomic E-state index is 0.168. The van der Waals surface area contributed by atoms with Crippen molar-refractivity contribution in [3.8, 4) is 11.3 Å². The quantitative estimate of drug-likeness (QED) is 0.832. The molecule has 4 aliphatic rings. The molecule has 4 saturated heterocycles. The summed E-state index contributed by atoms with van der Waals surface area (Å²) in [6.45, 7) is 2.78. The number of nitrogens with zero attached hydrogens (tertiary/aromatic N) is 6. The van der Waals surface area contributed by atoms with Crippen molar-refractivity contribution in [1.82, 2.24) is 19.9 Å². The molecule has 6 rings (SSSR count). The third-order valence-electron chi connectivity index (χ3n) is 6.05. The summed E-state index contributed by atoms with van der Waals surface area (Å²) in [4.78, 5) is 21.1. The van der Waals surface area contributed by atoms with Crippen molar-refractivity contribution in [2.24, 2.45) is 5.92 Å². The maximum Gasteiger partial charge on any atom is 0.269 e. The van der Waals surface area contributed by atoms with Gasteiger partial charge >= 0.3 is 0 Å². The van der Waals surface area contributed by atoms with Crippen LogP contribution in [0, 0.1) is 5.92 Å². The van der Waals surface area contributed by atoms with Crippen molar-refractivity contribution < 1.29 is 13.5 Å². The molecule has 8 nitrogen and oxygen atoms in total. The Morgan fingerprint density at radius 3 is 2.55 bits per heavy atom. The summed E-state index contributed by atoms with van der Waals surface area (Å²) in [6.07, 6.45) is 5.42. The van der Waals surface area contributed by atoms with E-state index >= 15 is 0 Å². The predicted octanol–water partition coefficient (Wildman–Crippen LogP) is 1.97. The number of alkyl halides is 2. The Hall–Kier alpha value is -2.62. The number of halogens is 2. The molecule has 2 aromatic rings. The van der Waals surface area contributed by atoms with Crippen molar-refractivity contribution in [1.29, 1.82) is 0 Å². The van der Waals surface area contributed by atoms with Gasteiger partial charge in [0.15, 0.2) is 0 Å². The molecule has 2 bridgehead atoms. The van der Waals surface area contributed by atoms with Gasteiger partial charge in [0.25, 0.3) is 5.92 Å². The van der Waals surface area contributed by atoms with E-state index in [0.717, 1.165) is 25.2 Å². The van der Waals surface area contributed by atoms with Crippen LogP contribution in [0.1, 0.15) is 19.8 Å². The minimum Gasteiger partial charge on any atom is -0.374 e. The third kappa shape index (κ3) is 3.35. The van der Waals surface area contributed by atoms with E-state index in [2.05, 4.69) is 24.8 Å². The molecule has 0 amide bonds. The number of hydrogen-bond donors (Lipinski definition) is 1. The van der Waals surface area contributed by atoms with E-state index in [4.69, 9.17) is 10.5 Å². The summed E-state index contributed by atoms with van der Waals surface area (Å²) < 4.78 is 34.1. The fourth-order valence-electron chi connectivity index (χ4n) is 4.25. The van der Waals surface area contributed by atoms with Crippen LogP contribution in [0.4, 0.5) is 26.5 Å². The lowest BCUT2D eigenvalue weighted by Gasteiger charge is -2.45. The van der Waals surface area contributed by atoms with Gasteiger partial charge in [-0.3, -0.25) is 0 Å². The van der Waals surface area contributed by atoms with Crippen LogP contribution in [0.15, 0.2) is 18.5 Å². The van der Waals surface area contributed by atoms with E-state index in [1.165, 1.54) is 0 Å². The first-order valence-electron chi connectivity index (χ1n) is 9.87. The van der Waals surface area contributed by atoms with Crippen molar-refractivity contribution in [3.63, 3.8) is 0 Å². The van der Waals surface area contributed by atoms with Gasteiger partial charge in [-0.2, -0.15) is 4.98 Å². The number of rotatable bonds is 3. The zero-order chi connectivity index (χ0) is 20.2. The second-order valence-corrected chi connectivity index (χ2v) is 8.12. The van der Waals surface area contributed by atoms with Crippen LogP contribution in [0.25, 0.3) is 11.3 Å². The summed E-state index contributed by atoms with van der Waals surface area (Å²) in [5, 5.41) is 0. The molecule has 0 aliphatic carbocycles. The maximum atomic E-state index is 14.2. The number of morpholine rings is 1. The van der Waals surface area contributed by atoms with Crippen LogP contribution in [-0.4, -0.2) is 64.2 Å². The van der Waals surface area contributed by atoms with Crippen molar-refractivity contribution >= 4 is 17.7 Å². The summed E-state index contributed by atoms with van der Waals surface area (Å²) in [7, 11) is 0. The van der Waals surface area contributed by atoms with Gasteiger partial charge in [-0.25, -0.2) is 23.7 Å². The zero-order valence-electron chi connectivity index (χ0n) is 16.1. The average Bonchev–Trinajstić information content (AvgIpc) is 3.01. The molecular formula is C19H23F2N7O. The number of hydrogen-bond acceptors (Lipinski definition) is 8. The van der Waals surface area contributed by atoms with E-state index in [0.29, 0.717) is 23.8 Å². The Balaban J connectivity index is 1.55. The van der Waals surface area contributed by atoms with Crippen LogP contribution in [0.3, 0.4) is 0 Å². The molecule has 4 aliphatic heterocycles. The van der Waals surface area contributed by atoms with Crippen molar-refractivity contribution in [2.45, 2.75) is 37.8 Å². The molecule has 0 radical (unpaired) electrons. The summed E-state index contributed by atoms with van der Waals surface area (Å²) in [5.74, 6) is -2.32. The van der Waals surface area contributed by atoms with Crippen LogP contribution in [-0.2, 0) is 4.74 Å². The molecule has 29 heavy (non-hydrogen) atoms. The van der Waals surface area contributed by atoms with Gasteiger partial charge in [0.2, 0.25) is 11.9 Å². The van der Waals surface area contributed by atoms with Crippen molar-refractivity contribution in [3.05, 3.63) is 18.5 Å². The van der Waals surface area contributed by atoms with E-state index in [1.54, 1.807) is 24.2 Å². The summed E-state index contributed by atoms with van der Waals surface area (Å²) >= 11 is 0. The number of anilines is 3. The van der Waals surface area contributed by atoms with Gasteiger partial charge in [-0.15, -0.1) is 0 Å². The Kier molecular flexibility index (Phi) is 4.27. The molecule has 1 unspecified atom stereocenters. The Morgan fingerprint density at radius 2 is 1.97 bits per heavy atom. The highest BCUT2D eigenvalue weighted by Crippen LogP contribution is 2.37.